The van der Waals surface area contributed by atoms with E-state index in [1.807, 2.05) is 0 Å². The molecule has 0 atom stereocenters. The van der Waals surface area contributed by atoms with E-state index < -0.39 is 0 Å². The molecule has 0 nitrogen and oxygen atoms in total. The normalized spacial score (nSPS) is 12.8. The van der Waals surface area contributed by atoms with Gasteiger partial charge in [0.05, 0.1) is 0 Å². The molecule has 0 unspecified atom stereocenters. The molecule has 0 heterocycles. The van der Waals surface area contributed by atoms with Gasteiger partial charge in [0, 0.05) is 0 Å². The van der Waals surface area contributed by atoms with Crippen molar-refractivity contribution < 1.29 is 0 Å². The molecule has 0 saturated carbocycles. The summed E-state index contributed by atoms with van der Waals surface area (Å²) in [5, 5.41) is 0. The molecule has 0 rings (SSSR count). The summed E-state index contributed by atoms with van der Waals surface area (Å²) in [6.45, 7) is 9.24. The SMILES string of the molecule is CCCCCC(CC)=C(CC)CCCCC. The molecule has 0 bridgehead atoms. The fraction of sp³-hybridized carbons (Fsp3) is 0.875. The highest BCUT2D eigenvalue weighted by molar-refractivity contribution is 5.13. The number of allylic oxidation sites excluding steroid dienone is 2. The van der Waals surface area contributed by atoms with Crippen molar-refractivity contribution in [1.82, 2.24) is 0 Å². The van der Waals surface area contributed by atoms with Crippen molar-refractivity contribution in [2.24, 2.45) is 0 Å². The van der Waals surface area contributed by atoms with Gasteiger partial charge in [-0.3, -0.25) is 0 Å². The van der Waals surface area contributed by atoms with Crippen LogP contribution in [0.4, 0.5) is 0 Å². The zero-order chi connectivity index (χ0) is 12.2. The van der Waals surface area contributed by atoms with E-state index >= 15 is 0 Å². The molecule has 0 N–H and O–H groups in total. The van der Waals surface area contributed by atoms with Gasteiger partial charge in [-0.25, -0.2) is 0 Å². The monoisotopic (exact) mass is 224 g/mol. The Morgan fingerprint density at radius 3 is 1.19 bits per heavy atom. The van der Waals surface area contributed by atoms with Gasteiger partial charge in [-0.2, -0.15) is 0 Å². The van der Waals surface area contributed by atoms with Crippen LogP contribution in [-0.2, 0) is 0 Å². The fourth-order valence-electron chi connectivity index (χ4n) is 2.38. The van der Waals surface area contributed by atoms with Gasteiger partial charge in [0.1, 0.15) is 0 Å². The summed E-state index contributed by atoms with van der Waals surface area (Å²) >= 11 is 0. The first kappa shape index (κ1) is 15.7. The van der Waals surface area contributed by atoms with Crippen LogP contribution >= 0.6 is 0 Å². The van der Waals surface area contributed by atoms with Crippen molar-refractivity contribution in [3.05, 3.63) is 11.1 Å². The Balaban J connectivity index is 4.15. The molecule has 0 aliphatic carbocycles. The highest BCUT2D eigenvalue weighted by atomic mass is 14.1. The van der Waals surface area contributed by atoms with Crippen molar-refractivity contribution in [1.29, 1.82) is 0 Å². The van der Waals surface area contributed by atoms with E-state index in [0.717, 1.165) is 0 Å². The summed E-state index contributed by atoms with van der Waals surface area (Å²) < 4.78 is 0. The third-order valence-electron chi connectivity index (χ3n) is 3.52. The third-order valence-corrected chi connectivity index (χ3v) is 3.52. The summed E-state index contributed by atoms with van der Waals surface area (Å²) in [6, 6.07) is 0. The van der Waals surface area contributed by atoms with Gasteiger partial charge in [-0.05, 0) is 38.5 Å². The van der Waals surface area contributed by atoms with Gasteiger partial charge in [0.2, 0.25) is 0 Å². The molecular formula is C16H32. The first-order valence-electron chi connectivity index (χ1n) is 7.49. The molecule has 0 aromatic rings. The maximum Gasteiger partial charge on any atom is -0.0318 e. The fourth-order valence-corrected chi connectivity index (χ4v) is 2.38. The average Bonchev–Trinajstić information content (AvgIpc) is 2.31. The quantitative estimate of drug-likeness (QED) is 0.303. The molecule has 0 spiro atoms. The first-order chi connectivity index (χ1) is 7.79. The van der Waals surface area contributed by atoms with Crippen molar-refractivity contribution in [2.75, 3.05) is 0 Å². The van der Waals surface area contributed by atoms with Crippen LogP contribution < -0.4 is 0 Å². The van der Waals surface area contributed by atoms with E-state index in [9.17, 15) is 0 Å². The highest BCUT2D eigenvalue weighted by Crippen LogP contribution is 2.23. The molecule has 0 aliphatic heterocycles. The van der Waals surface area contributed by atoms with Crippen molar-refractivity contribution >= 4 is 0 Å². The van der Waals surface area contributed by atoms with Gasteiger partial charge < -0.3 is 0 Å². The maximum atomic E-state index is 2.33. The van der Waals surface area contributed by atoms with Crippen LogP contribution in [0.5, 0.6) is 0 Å². The van der Waals surface area contributed by atoms with Crippen molar-refractivity contribution in [2.45, 2.75) is 91.9 Å². The van der Waals surface area contributed by atoms with Crippen LogP contribution in [0, 0.1) is 0 Å². The topological polar surface area (TPSA) is 0 Å². The molecule has 96 valence electrons. The van der Waals surface area contributed by atoms with E-state index in [2.05, 4.69) is 27.7 Å². The predicted molar refractivity (Wildman–Crippen MR) is 75.9 cm³/mol. The van der Waals surface area contributed by atoms with E-state index in [-0.39, 0.29) is 0 Å². The van der Waals surface area contributed by atoms with Gasteiger partial charge in [-0.1, -0.05) is 64.5 Å². The second-order valence-corrected chi connectivity index (χ2v) is 4.83. The van der Waals surface area contributed by atoms with Crippen LogP contribution in [0.15, 0.2) is 11.1 Å². The van der Waals surface area contributed by atoms with Gasteiger partial charge in [-0.15, -0.1) is 0 Å². The maximum absolute atomic E-state index is 2.33. The van der Waals surface area contributed by atoms with Crippen molar-refractivity contribution in [3.8, 4) is 0 Å². The minimum atomic E-state index is 1.28. The zero-order valence-electron chi connectivity index (χ0n) is 12.1. The average molecular weight is 224 g/mol. The summed E-state index contributed by atoms with van der Waals surface area (Å²) in [4.78, 5) is 0. The molecule has 0 aliphatic rings. The second kappa shape index (κ2) is 11.2. The molecule has 0 amide bonds. The second-order valence-electron chi connectivity index (χ2n) is 4.83. The summed E-state index contributed by atoms with van der Waals surface area (Å²) in [5.74, 6) is 0. The van der Waals surface area contributed by atoms with Gasteiger partial charge in [0.15, 0.2) is 0 Å². The Morgan fingerprint density at radius 1 is 0.562 bits per heavy atom. The van der Waals surface area contributed by atoms with Crippen LogP contribution in [0.25, 0.3) is 0 Å². The number of hydrogen-bond acceptors (Lipinski definition) is 0. The Hall–Kier alpha value is -0.260. The molecule has 0 aromatic heterocycles. The molecule has 0 fully saturated rings. The van der Waals surface area contributed by atoms with Crippen LogP contribution in [0.2, 0.25) is 0 Å². The number of rotatable bonds is 10. The summed E-state index contributed by atoms with van der Waals surface area (Å²) in [5.41, 5.74) is 3.54. The zero-order valence-corrected chi connectivity index (χ0v) is 12.1. The van der Waals surface area contributed by atoms with Crippen LogP contribution in [0.3, 0.4) is 0 Å². The van der Waals surface area contributed by atoms with Crippen LogP contribution in [-0.4, -0.2) is 0 Å². The largest absolute Gasteiger partial charge is 0.0713 e. The van der Waals surface area contributed by atoms with Gasteiger partial charge in [0.25, 0.3) is 0 Å². The highest BCUT2D eigenvalue weighted by Gasteiger charge is 2.03. The molecule has 16 heavy (non-hydrogen) atoms. The Bertz CT molecular complexity index is 156. The lowest BCUT2D eigenvalue weighted by molar-refractivity contribution is 0.665. The Kier molecular flexibility index (Phi) is 11.0. The summed E-state index contributed by atoms with van der Waals surface area (Å²) in [7, 11) is 0. The molecule has 0 aromatic carbocycles. The molecule has 0 heteroatoms. The van der Waals surface area contributed by atoms with Gasteiger partial charge >= 0.3 is 0 Å². The lowest BCUT2D eigenvalue weighted by atomic mass is 9.94. The summed E-state index contributed by atoms with van der Waals surface area (Å²) in [6.07, 6.45) is 13.6. The van der Waals surface area contributed by atoms with E-state index in [4.69, 9.17) is 0 Å². The smallest absolute Gasteiger partial charge is 0.0318 e. The standard InChI is InChI=1S/C16H32/c1-5-9-11-13-15(7-3)16(8-4)14-12-10-6-2/h5-14H2,1-4H3. The number of hydrogen-bond donors (Lipinski definition) is 0. The molecule has 0 radical (unpaired) electrons. The predicted octanol–water partition coefficient (Wildman–Crippen LogP) is 6.26. The van der Waals surface area contributed by atoms with E-state index in [0.29, 0.717) is 0 Å². The number of unbranched alkanes of at least 4 members (excludes halogenated alkanes) is 4. The van der Waals surface area contributed by atoms with E-state index in [1.54, 1.807) is 11.1 Å². The Labute approximate surface area is 104 Å². The minimum absolute atomic E-state index is 1.28. The van der Waals surface area contributed by atoms with Crippen molar-refractivity contribution in [3.63, 3.8) is 0 Å². The Morgan fingerprint density at radius 2 is 0.938 bits per heavy atom. The van der Waals surface area contributed by atoms with Crippen LogP contribution in [0.1, 0.15) is 91.9 Å². The lowest BCUT2D eigenvalue weighted by Crippen LogP contribution is -1.93. The molecule has 0 saturated heterocycles. The molecular weight excluding hydrogens is 192 g/mol. The van der Waals surface area contributed by atoms with E-state index in [1.165, 1.54) is 64.2 Å². The third kappa shape index (κ3) is 7.09. The lowest BCUT2D eigenvalue weighted by Gasteiger charge is -2.13. The minimum Gasteiger partial charge on any atom is -0.0713 e. The first-order valence-corrected chi connectivity index (χ1v) is 7.49.